The lowest BCUT2D eigenvalue weighted by Gasteiger charge is -2.53. The lowest BCUT2D eigenvalue weighted by Crippen LogP contribution is -2.62. The van der Waals surface area contributed by atoms with Gasteiger partial charge in [-0.1, -0.05) is 12.2 Å². The fraction of sp³-hybridized carbons (Fsp3) is 0.769. The Morgan fingerprint density at radius 3 is 1.18 bits per heavy atom. The molecule has 0 amide bonds. The largest absolute Gasteiger partial charge is 0.454 e. The third kappa shape index (κ3) is 6.68. The summed E-state index contributed by atoms with van der Waals surface area (Å²) < 4.78 is 11.3. The van der Waals surface area contributed by atoms with Crippen molar-refractivity contribution in [3.8, 4) is 0 Å². The highest BCUT2D eigenvalue weighted by Gasteiger charge is 2.50. The van der Waals surface area contributed by atoms with E-state index in [-0.39, 0.29) is 0 Å². The molecule has 2 fully saturated rings. The number of nitrogens with zero attached hydrogens (tertiary/aromatic N) is 2. The van der Waals surface area contributed by atoms with Crippen molar-refractivity contribution in [2.24, 2.45) is 0 Å². The van der Waals surface area contributed by atoms with E-state index in [2.05, 4.69) is 13.2 Å². The molecule has 2 aliphatic rings. The van der Waals surface area contributed by atoms with Crippen LogP contribution in [0.15, 0.2) is 25.3 Å². The lowest BCUT2D eigenvalue weighted by atomic mass is 9.80. The van der Waals surface area contributed by atoms with E-state index in [0.29, 0.717) is 38.9 Å². The highest BCUT2D eigenvalue weighted by Crippen LogP contribution is 2.41. The number of esters is 2. The third-order valence-electron chi connectivity index (χ3n) is 6.47. The van der Waals surface area contributed by atoms with Crippen molar-refractivity contribution in [3.05, 3.63) is 25.3 Å². The highest BCUT2D eigenvalue weighted by atomic mass is 16.7. The predicted molar refractivity (Wildman–Crippen MR) is 131 cm³/mol. The molecule has 0 aromatic heterocycles. The molecular formula is C26H44N2O6. The molecule has 0 saturated carbocycles. The predicted octanol–water partition coefficient (Wildman–Crippen LogP) is 4.35. The first-order chi connectivity index (χ1) is 15.6. The van der Waals surface area contributed by atoms with E-state index in [1.165, 1.54) is 0 Å². The summed E-state index contributed by atoms with van der Waals surface area (Å²) in [5, 5.41) is 3.88. The molecule has 0 radical (unpaired) electrons. The van der Waals surface area contributed by atoms with Gasteiger partial charge in [-0.3, -0.25) is 9.68 Å². The van der Waals surface area contributed by atoms with Crippen LogP contribution in [-0.4, -0.2) is 69.6 Å². The molecule has 2 rings (SSSR count). The van der Waals surface area contributed by atoms with Crippen molar-refractivity contribution in [1.29, 1.82) is 0 Å². The first-order valence-corrected chi connectivity index (χ1v) is 12.1. The number of hydroxylamine groups is 4. The van der Waals surface area contributed by atoms with Crippen LogP contribution in [0, 0.1) is 0 Å². The Morgan fingerprint density at radius 1 is 0.676 bits per heavy atom. The van der Waals surface area contributed by atoms with Crippen LogP contribution < -0.4 is 0 Å². The maximum Gasteiger partial charge on any atom is 0.417 e. The topological polar surface area (TPSA) is 77.5 Å². The summed E-state index contributed by atoms with van der Waals surface area (Å²) >= 11 is 0. The smallest absolute Gasteiger partial charge is 0.417 e. The molecule has 0 bridgehead atoms. The van der Waals surface area contributed by atoms with Crippen LogP contribution in [0.5, 0.6) is 0 Å². The van der Waals surface area contributed by atoms with E-state index in [0.717, 1.165) is 0 Å². The zero-order chi connectivity index (χ0) is 25.9. The van der Waals surface area contributed by atoms with Gasteiger partial charge in [0, 0.05) is 47.8 Å². The van der Waals surface area contributed by atoms with Crippen molar-refractivity contribution in [3.63, 3.8) is 0 Å². The molecular weight excluding hydrogens is 436 g/mol. The number of carbonyl (C=O) groups excluding carboxylic acids is 2. The normalized spacial score (nSPS) is 24.8. The van der Waals surface area contributed by atoms with Gasteiger partial charge in [0.25, 0.3) is 0 Å². The Bertz CT molecular complexity index is 673. The standard InChI is InChI=1S/C26H44N2O6/c1-11-13-31-27-23(3,4)15-19(16-24(27,5)6)33-21(29)22(30)34-20-17-25(7,8)28(32-14-12-2)26(9,10)18-20/h11-12,19-20H,1-2,13-18H2,3-10H3. The molecule has 2 aliphatic heterocycles. The molecule has 0 spiro atoms. The number of ether oxygens (including phenoxy) is 2. The van der Waals surface area contributed by atoms with Crippen LogP contribution in [0.4, 0.5) is 0 Å². The minimum atomic E-state index is -0.946. The molecule has 8 nitrogen and oxygen atoms in total. The molecule has 0 aromatic rings. The fourth-order valence-corrected chi connectivity index (χ4v) is 5.86. The average Bonchev–Trinajstić information content (AvgIpc) is 2.64. The van der Waals surface area contributed by atoms with Gasteiger partial charge in [-0.2, -0.15) is 10.1 Å². The van der Waals surface area contributed by atoms with Gasteiger partial charge in [0.15, 0.2) is 0 Å². The number of hydrogen-bond acceptors (Lipinski definition) is 8. The van der Waals surface area contributed by atoms with E-state index in [1.54, 1.807) is 12.2 Å². The molecule has 2 heterocycles. The van der Waals surface area contributed by atoms with Crippen LogP contribution in [0.3, 0.4) is 0 Å². The lowest BCUT2D eigenvalue weighted by molar-refractivity contribution is -0.289. The summed E-state index contributed by atoms with van der Waals surface area (Å²) in [7, 11) is 0. The van der Waals surface area contributed by atoms with Gasteiger partial charge < -0.3 is 9.47 Å². The van der Waals surface area contributed by atoms with Crippen LogP contribution in [-0.2, 0) is 28.7 Å². The van der Waals surface area contributed by atoms with Gasteiger partial charge in [0.05, 0.1) is 13.2 Å². The second-order valence-corrected chi connectivity index (χ2v) is 11.9. The zero-order valence-corrected chi connectivity index (χ0v) is 22.3. The average molecular weight is 481 g/mol. The Kier molecular flexibility index (Phi) is 8.78. The molecule has 0 aromatic carbocycles. The number of piperidine rings is 2. The minimum absolute atomic E-state index is 0.397. The summed E-state index contributed by atoms with van der Waals surface area (Å²) in [5.41, 5.74) is -1.59. The van der Waals surface area contributed by atoms with Crippen LogP contribution in [0.2, 0.25) is 0 Å². The molecule has 2 saturated heterocycles. The quantitative estimate of drug-likeness (QED) is 0.288. The first-order valence-electron chi connectivity index (χ1n) is 12.1. The number of rotatable bonds is 8. The Morgan fingerprint density at radius 2 is 0.941 bits per heavy atom. The number of hydrogen-bond donors (Lipinski definition) is 0. The summed E-state index contributed by atoms with van der Waals surface area (Å²) in [6, 6.07) is 0. The van der Waals surface area contributed by atoms with Gasteiger partial charge in [-0.15, -0.1) is 13.2 Å². The van der Waals surface area contributed by atoms with Gasteiger partial charge in [-0.05, 0) is 55.4 Å². The van der Waals surface area contributed by atoms with Crippen LogP contribution in [0.1, 0.15) is 81.1 Å². The van der Waals surface area contributed by atoms with Gasteiger partial charge in [-0.25, -0.2) is 9.59 Å². The molecule has 8 heteroatoms. The maximum absolute atomic E-state index is 12.7. The minimum Gasteiger partial charge on any atom is -0.454 e. The van der Waals surface area contributed by atoms with E-state index in [9.17, 15) is 9.59 Å². The Labute approximate surface area is 205 Å². The second-order valence-electron chi connectivity index (χ2n) is 11.9. The van der Waals surface area contributed by atoms with Crippen LogP contribution >= 0.6 is 0 Å². The highest BCUT2D eigenvalue weighted by molar-refractivity contribution is 6.29. The van der Waals surface area contributed by atoms with E-state index in [4.69, 9.17) is 19.1 Å². The summed E-state index contributed by atoms with van der Waals surface area (Å²) in [6.45, 7) is 24.5. The van der Waals surface area contributed by atoms with Crippen molar-refractivity contribution < 1.29 is 28.7 Å². The number of carbonyl (C=O) groups is 2. The summed E-state index contributed by atoms with van der Waals surface area (Å²) in [6.07, 6.45) is 4.69. The van der Waals surface area contributed by atoms with Gasteiger partial charge in [0.1, 0.15) is 12.2 Å². The summed E-state index contributed by atoms with van der Waals surface area (Å²) in [5.74, 6) is -1.89. The monoisotopic (exact) mass is 480 g/mol. The van der Waals surface area contributed by atoms with Gasteiger partial charge in [0.2, 0.25) is 0 Å². The Hall–Kier alpha value is -1.74. The van der Waals surface area contributed by atoms with Crippen LogP contribution in [0.25, 0.3) is 0 Å². The zero-order valence-electron chi connectivity index (χ0n) is 22.3. The molecule has 194 valence electrons. The van der Waals surface area contributed by atoms with Crippen molar-refractivity contribution in [1.82, 2.24) is 10.1 Å². The first kappa shape index (κ1) is 28.5. The molecule has 0 aliphatic carbocycles. The molecule has 34 heavy (non-hydrogen) atoms. The molecule has 0 N–H and O–H groups in total. The maximum atomic E-state index is 12.7. The Balaban J connectivity index is 2.01. The van der Waals surface area contributed by atoms with Crippen molar-refractivity contribution in [2.75, 3.05) is 13.2 Å². The van der Waals surface area contributed by atoms with E-state index >= 15 is 0 Å². The molecule has 0 unspecified atom stereocenters. The van der Waals surface area contributed by atoms with Crippen molar-refractivity contribution >= 4 is 11.9 Å². The SMILES string of the molecule is C=CCON1C(C)(C)CC(OC(=O)C(=O)OC2CC(C)(C)N(OCC=C)C(C)(C)C2)CC1(C)C. The van der Waals surface area contributed by atoms with E-state index < -0.39 is 46.3 Å². The fourth-order valence-electron chi connectivity index (χ4n) is 5.86. The van der Waals surface area contributed by atoms with Gasteiger partial charge >= 0.3 is 11.9 Å². The third-order valence-corrected chi connectivity index (χ3v) is 6.47. The molecule has 0 atom stereocenters. The van der Waals surface area contributed by atoms with Crippen molar-refractivity contribution in [2.45, 2.75) is 115 Å². The van der Waals surface area contributed by atoms with E-state index in [1.807, 2.05) is 65.5 Å². The summed E-state index contributed by atoms with van der Waals surface area (Å²) in [4.78, 5) is 37.2. The second kappa shape index (κ2) is 10.5.